The minimum absolute atomic E-state index is 0.363. The van der Waals surface area contributed by atoms with E-state index < -0.39 is 16.4 Å². The monoisotopic (exact) mass is 324 g/mol. The third kappa shape index (κ3) is 3.43. The number of rotatable bonds is 5. The maximum Gasteiger partial charge on any atom is 0.306 e. The predicted molar refractivity (Wildman–Crippen MR) is 83.9 cm³/mol. The Bertz CT molecular complexity index is 724. The first-order valence-corrected chi connectivity index (χ1v) is 6.80. The Balaban J connectivity index is 2.25. The average Bonchev–Trinajstić information content (AvgIpc) is 2.46. The fraction of sp³-hybridized carbons (Fsp3) is 0.214. The van der Waals surface area contributed by atoms with Crippen LogP contribution in [0.2, 0.25) is 5.15 Å². The molecule has 0 aliphatic rings. The van der Waals surface area contributed by atoms with Crippen molar-refractivity contribution in [1.29, 1.82) is 0 Å². The highest BCUT2D eigenvalue weighted by atomic mass is 35.5. The van der Waals surface area contributed by atoms with E-state index in [9.17, 15) is 14.5 Å². The largest absolute Gasteiger partial charge is 0.388 e. The first kappa shape index (κ1) is 16.0. The number of halogens is 2. The molecule has 0 bridgehead atoms. The quantitative estimate of drug-likeness (QED) is 0.497. The number of nitrogens with one attached hydrogen (secondary N) is 2. The van der Waals surface area contributed by atoms with Gasteiger partial charge in [0.1, 0.15) is 5.15 Å². The van der Waals surface area contributed by atoms with Crippen molar-refractivity contribution in [3.05, 3.63) is 56.6 Å². The molecule has 0 unspecified atom stereocenters. The number of benzene rings is 1. The number of hydrogen-bond donors (Lipinski definition) is 2. The Hall–Kier alpha value is -2.41. The molecule has 0 fully saturated rings. The van der Waals surface area contributed by atoms with Gasteiger partial charge in [0.2, 0.25) is 5.82 Å². The van der Waals surface area contributed by atoms with Crippen LogP contribution in [0.4, 0.5) is 21.5 Å². The lowest BCUT2D eigenvalue weighted by atomic mass is 10.1. The molecule has 0 aliphatic carbocycles. The van der Waals surface area contributed by atoms with Crippen LogP contribution in [-0.2, 0) is 6.54 Å². The Labute approximate surface area is 131 Å². The minimum Gasteiger partial charge on any atom is -0.388 e. The number of aromatic nitrogens is 1. The third-order valence-corrected chi connectivity index (χ3v) is 3.39. The van der Waals surface area contributed by atoms with Gasteiger partial charge in [-0.2, -0.15) is 4.39 Å². The van der Waals surface area contributed by atoms with Crippen molar-refractivity contribution in [2.75, 3.05) is 17.7 Å². The summed E-state index contributed by atoms with van der Waals surface area (Å²) < 4.78 is 13.5. The zero-order valence-corrected chi connectivity index (χ0v) is 12.7. The van der Waals surface area contributed by atoms with Gasteiger partial charge in [0.25, 0.3) is 0 Å². The van der Waals surface area contributed by atoms with E-state index in [2.05, 4.69) is 15.6 Å². The van der Waals surface area contributed by atoms with Gasteiger partial charge in [0, 0.05) is 42.8 Å². The molecule has 0 amide bonds. The van der Waals surface area contributed by atoms with Gasteiger partial charge in [-0.25, -0.2) is 4.98 Å². The maximum atomic E-state index is 13.5. The van der Waals surface area contributed by atoms with E-state index in [1.807, 2.05) is 0 Å². The summed E-state index contributed by atoms with van der Waals surface area (Å²) in [6.45, 7) is 2.04. The Morgan fingerprint density at radius 2 is 2.09 bits per heavy atom. The molecule has 22 heavy (non-hydrogen) atoms. The van der Waals surface area contributed by atoms with Crippen molar-refractivity contribution >= 4 is 28.7 Å². The number of nitrogens with zero attached hydrogens (tertiary/aromatic N) is 2. The molecule has 2 N–H and O–H groups in total. The molecule has 1 aromatic heterocycles. The molecule has 0 saturated heterocycles. The Morgan fingerprint density at radius 1 is 1.36 bits per heavy atom. The van der Waals surface area contributed by atoms with Crippen LogP contribution in [0, 0.1) is 22.9 Å². The van der Waals surface area contributed by atoms with E-state index in [1.165, 1.54) is 6.07 Å². The molecule has 0 atom stereocenters. The third-order valence-electron chi connectivity index (χ3n) is 3.18. The molecule has 0 spiro atoms. The molecule has 8 heteroatoms. The van der Waals surface area contributed by atoms with Crippen LogP contribution in [0.3, 0.4) is 0 Å². The van der Waals surface area contributed by atoms with Crippen molar-refractivity contribution in [3.63, 3.8) is 0 Å². The second-order valence-electron chi connectivity index (χ2n) is 4.64. The first-order valence-electron chi connectivity index (χ1n) is 6.43. The van der Waals surface area contributed by atoms with Crippen molar-refractivity contribution in [2.24, 2.45) is 0 Å². The second kappa shape index (κ2) is 6.57. The molecule has 2 rings (SSSR count). The zero-order valence-electron chi connectivity index (χ0n) is 12.0. The highest BCUT2D eigenvalue weighted by Gasteiger charge is 2.16. The van der Waals surface area contributed by atoms with Crippen LogP contribution in [0.25, 0.3) is 0 Å². The fourth-order valence-corrected chi connectivity index (χ4v) is 2.17. The fourth-order valence-electron chi connectivity index (χ4n) is 2.01. The summed E-state index contributed by atoms with van der Waals surface area (Å²) in [5, 5.41) is 17.2. The first-order chi connectivity index (χ1) is 10.4. The molecule has 0 radical (unpaired) electrons. The summed E-state index contributed by atoms with van der Waals surface area (Å²) >= 11 is 5.82. The summed E-state index contributed by atoms with van der Waals surface area (Å²) in [6.07, 6.45) is 1.61. The highest BCUT2D eigenvalue weighted by molar-refractivity contribution is 6.29. The van der Waals surface area contributed by atoms with Crippen LogP contribution in [0.5, 0.6) is 0 Å². The normalized spacial score (nSPS) is 10.4. The molecule has 0 saturated carbocycles. The van der Waals surface area contributed by atoms with Gasteiger partial charge < -0.3 is 10.6 Å². The van der Waals surface area contributed by atoms with Crippen molar-refractivity contribution in [3.8, 4) is 0 Å². The number of pyridine rings is 1. The molecule has 6 nitrogen and oxygen atoms in total. The average molecular weight is 325 g/mol. The van der Waals surface area contributed by atoms with Crippen LogP contribution >= 0.6 is 11.6 Å². The van der Waals surface area contributed by atoms with E-state index in [4.69, 9.17) is 11.6 Å². The topological polar surface area (TPSA) is 80.1 Å². The van der Waals surface area contributed by atoms with Gasteiger partial charge in [0.15, 0.2) is 0 Å². The minimum atomic E-state index is -0.850. The Morgan fingerprint density at radius 3 is 2.73 bits per heavy atom. The second-order valence-corrected chi connectivity index (χ2v) is 5.03. The van der Waals surface area contributed by atoms with E-state index in [0.717, 1.165) is 17.3 Å². The summed E-state index contributed by atoms with van der Waals surface area (Å²) in [6, 6.07) is 4.01. The lowest BCUT2D eigenvalue weighted by Gasteiger charge is -2.13. The van der Waals surface area contributed by atoms with Gasteiger partial charge >= 0.3 is 5.69 Å². The molecule has 1 aromatic carbocycles. The Kier molecular flexibility index (Phi) is 4.77. The van der Waals surface area contributed by atoms with Crippen LogP contribution in [0.15, 0.2) is 24.4 Å². The number of nitro benzene ring substituents is 1. The summed E-state index contributed by atoms with van der Waals surface area (Å²) in [5.74, 6) is -0.850. The maximum absolute atomic E-state index is 13.5. The standard InChI is InChI=1S/C14H14ClFN4O2/c1-8-3-10(16)13(20(21)22)4-11(8)18-6-9-7-19-14(15)5-12(9)17-2/h3-5,7,18H,6H2,1-2H3,(H,17,19). The highest BCUT2D eigenvalue weighted by Crippen LogP contribution is 2.27. The van der Waals surface area contributed by atoms with Crippen molar-refractivity contribution < 1.29 is 9.31 Å². The summed E-state index contributed by atoms with van der Waals surface area (Å²) in [7, 11) is 1.75. The van der Waals surface area contributed by atoms with Gasteiger partial charge in [-0.1, -0.05) is 11.6 Å². The van der Waals surface area contributed by atoms with Crippen LogP contribution < -0.4 is 10.6 Å². The van der Waals surface area contributed by atoms with Crippen LogP contribution in [-0.4, -0.2) is 17.0 Å². The van der Waals surface area contributed by atoms with Gasteiger partial charge in [0.05, 0.1) is 4.92 Å². The smallest absolute Gasteiger partial charge is 0.306 e. The lowest BCUT2D eigenvalue weighted by molar-refractivity contribution is -0.387. The van der Waals surface area contributed by atoms with Gasteiger partial charge in [-0.3, -0.25) is 10.1 Å². The van der Waals surface area contributed by atoms with Crippen LogP contribution in [0.1, 0.15) is 11.1 Å². The predicted octanol–water partition coefficient (Wildman–Crippen LogP) is 3.74. The molecule has 2 aromatic rings. The van der Waals surface area contributed by atoms with Crippen molar-refractivity contribution in [2.45, 2.75) is 13.5 Å². The van der Waals surface area contributed by atoms with E-state index >= 15 is 0 Å². The zero-order chi connectivity index (χ0) is 16.3. The van der Waals surface area contributed by atoms with E-state index in [0.29, 0.717) is 22.9 Å². The van der Waals surface area contributed by atoms with E-state index in [1.54, 1.807) is 26.2 Å². The molecule has 1 heterocycles. The van der Waals surface area contributed by atoms with Crippen molar-refractivity contribution in [1.82, 2.24) is 4.98 Å². The number of hydrogen-bond acceptors (Lipinski definition) is 5. The SMILES string of the molecule is CNc1cc(Cl)ncc1CNc1cc([N+](=O)[O-])c(F)cc1C. The van der Waals surface area contributed by atoms with Gasteiger partial charge in [-0.15, -0.1) is 0 Å². The summed E-state index contributed by atoms with van der Waals surface area (Å²) in [4.78, 5) is 14.1. The lowest BCUT2D eigenvalue weighted by Crippen LogP contribution is -2.06. The molecular formula is C14H14ClFN4O2. The number of nitro groups is 1. The molecule has 116 valence electrons. The number of aryl methyl sites for hydroxylation is 1. The van der Waals surface area contributed by atoms with Gasteiger partial charge in [-0.05, 0) is 24.6 Å². The van der Waals surface area contributed by atoms with E-state index in [-0.39, 0.29) is 0 Å². The number of anilines is 2. The molecular weight excluding hydrogens is 311 g/mol. The summed E-state index contributed by atoms with van der Waals surface area (Å²) in [5.41, 5.74) is 2.14. The molecule has 0 aliphatic heterocycles.